The number of hydrogen-bond donors (Lipinski definition) is 0. The molecule has 1 saturated heterocycles. The Kier molecular flexibility index (Phi) is 6.37. The zero-order chi connectivity index (χ0) is 24.4. The first-order valence-corrected chi connectivity index (χ1v) is 11.6. The number of anilines is 1. The van der Waals surface area contributed by atoms with Gasteiger partial charge in [0, 0.05) is 36.9 Å². The molecule has 1 aliphatic heterocycles. The van der Waals surface area contributed by atoms with Crippen LogP contribution in [0.3, 0.4) is 0 Å². The van der Waals surface area contributed by atoms with Gasteiger partial charge in [0.2, 0.25) is 5.91 Å². The number of rotatable bonds is 6. The predicted molar refractivity (Wildman–Crippen MR) is 132 cm³/mol. The minimum absolute atomic E-state index is 0.0889. The highest BCUT2D eigenvalue weighted by Crippen LogP contribution is 2.20. The van der Waals surface area contributed by atoms with Crippen molar-refractivity contribution in [1.82, 2.24) is 29.4 Å². The van der Waals surface area contributed by atoms with Crippen LogP contribution in [0, 0.1) is 0 Å². The Morgan fingerprint density at radius 2 is 1.74 bits per heavy atom. The molecule has 1 fully saturated rings. The summed E-state index contributed by atoms with van der Waals surface area (Å²) < 4.78 is 8.06. The van der Waals surface area contributed by atoms with E-state index in [1.54, 1.807) is 28.8 Å². The molecular formula is C24H24ClN7O3. The summed E-state index contributed by atoms with van der Waals surface area (Å²) >= 11 is 5.94. The van der Waals surface area contributed by atoms with Gasteiger partial charge in [0.05, 0.1) is 13.7 Å². The zero-order valence-corrected chi connectivity index (χ0v) is 19.9. The predicted octanol–water partition coefficient (Wildman–Crippen LogP) is 2.05. The summed E-state index contributed by atoms with van der Waals surface area (Å²) in [6, 6.07) is 15.2. The second kappa shape index (κ2) is 9.75. The highest BCUT2D eigenvalue weighted by molar-refractivity contribution is 6.30. The van der Waals surface area contributed by atoms with Gasteiger partial charge in [0.25, 0.3) is 5.56 Å². The van der Waals surface area contributed by atoms with E-state index in [0.717, 1.165) is 17.0 Å². The van der Waals surface area contributed by atoms with E-state index in [1.807, 2.05) is 36.4 Å². The highest BCUT2D eigenvalue weighted by Gasteiger charge is 2.22. The van der Waals surface area contributed by atoms with Crippen molar-refractivity contribution in [3.8, 4) is 5.75 Å². The summed E-state index contributed by atoms with van der Waals surface area (Å²) in [5.41, 5.74) is 2.17. The van der Waals surface area contributed by atoms with Crippen LogP contribution in [0.15, 0.2) is 59.7 Å². The summed E-state index contributed by atoms with van der Waals surface area (Å²) in [4.78, 5) is 34.2. The van der Waals surface area contributed by atoms with Gasteiger partial charge in [-0.3, -0.25) is 14.2 Å². The average Bonchev–Trinajstić information content (AvgIpc) is 3.30. The standard InChI is InChI=1S/C24H24ClN7O3/c1-35-20-8-6-19(7-9-20)29-10-12-30(13-11-29)21(33)15-31-16-26-23-22(24(31)34)27-28-32(23)14-17-2-4-18(25)5-3-17/h2-9,16H,10-15H2,1H3. The summed E-state index contributed by atoms with van der Waals surface area (Å²) in [6.45, 7) is 2.89. The topological polar surface area (TPSA) is 98.4 Å². The van der Waals surface area contributed by atoms with Crippen LogP contribution in [0.25, 0.3) is 11.2 Å². The molecule has 0 radical (unpaired) electrons. The second-order valence-corrected chi connectivity index (χ2v) is 8.73. The van der Waals surface area contributed by atoms with Crippen LogP contribution in [0.2, 0.25) is 5.02 Å². The maximum absolute atomic E-state index is 12.9. The number of carbonyl (C=O) groups is 1. The maximum Gasteiger partial charge on any atom is 0.283 e. The molecule has 180 valence electrons. The lowest BCUT2D eigenvalue weighted by Gasteiger charge is -2.36. The fourth-order valence-corrected chi connectivity index (χ4v) is 4.25. The second-order valence-electron chi connectivity index (χ2n) is 8.29. The van der Waals surface area contributed by atoms with Crippen LogP contribution in [0.5, 0.6) is 5.75 Å². The number of ether oxygens (including phenoxy) is 1. The van der Waals surface area contributed by atoms with Crippen LogP contribution in [0.4, 0.5) is 5.69 Å². The lowest BCUT2D eigenvalue weighted by molar-refractivity contribution is -0.132. The Balaban J connectivity index is 1.24. The molecule has 0 N–H and O–H groups in total. The Bertz CT molecular complexity index is 1390. The molecule has 4 aromatic rings. The van der Waals surface area contributed by atoms with Gasteiger partial charge in [-0.2, -0.15) is 0 Å². The molecule has 35 heavy (non-hydrogen) atoms. The van der Waals surface area contributed by atoms with Crippen molar-refractivity contribution in [3.63, 3.8) is 0 Å². The molecule has 0 saturated carbocycles. The summed E-state index contributed by atoms with van der Waals surface area (Å²) in [6.07, 6.45) is 1.39. The number of amides is 1. The third-order valence-electron chi connectivity index (χ3n) is 6.11. The fourth-order valence-electron chi connectivity index (χ4n) is 4.12. The van der Waals surface area contributed by atoms with Gasteiger partial charge in [-0.15, -0.1) is 5.10 Å². The largest absolute Gasteiger partial charge is 0.497 e. The first-order valence-electron chi connectivity index (χ1n) is 11.2. The lowest BCUT2D eigenvalue weighted by atomic mass is 10.2. The van der Waals surface area contributed by atoms with Crippen LogP contribution < -0.4 is 15.2 Å². The molecule has 5 rings (SSSR count). The molecule has 0 atom stereocenters. The molecular weight excluding hydrogens is 470 g/mol. The van der Waals surface area contributed by atoms with Crippen LogP contribution in [-0.4, -0.2) is 68.6 Å². The van der Waals surface area contributed by atoms with Crippen molar-refractivity contribution >= 4 is 34.4 Å². The molecule has 1 aliphatic rings. The van der Waals surface area contributed by atoms with Gasteiger partial charge in [-0.25, -0.2) is 9.67 Å². The summed E-state index contributed by atoms with van der Waals surface area (Å²) in [7, 11) is 1.64. The number of carbonyl (C=O) groups excluding carboxylic acids is 1. The maximum atomic E-state index is 12.9. The Morgan fingerprint density at radius 1 is 1.03 bits per heavy atom. The number of piperazine rings is 1. The molecule has 3 heterocycles. The van der Waals surface area contributed by atoms with Crippen molar-refractivity contribution in [3.05, 3.63) is 75.8 Å². The number of nitrogens with zero attached hydrogens (tertiary/aromatic N) is 7. The van der Waals surface area contributed by atoms with Crippen molar-refractivity contribution in [2.75, 3.05) is 38.2 Å². The first kappa shape index (κ1) is 22.9. The zero-order valence-electron chi connectivity index (χ0n) is 19.2. The molecule has 0 spiro atoms. The van der Waals surface area contributed by atoms with Gasteiger partial charge >= 0.3 is 0 Å². The smallest absolute Gasteiger partial charge is 0.283 e. The number of halogens is 1. The number of aromatic nitrogens is 5. The van der Waals surface area contributed by atoms with Crippen LogP contribution in [0.1, 0.15) is 5.56 Å². The minimum atomic E-state index is -0.387. The van der Waals surface area contributed by atoms with Crippen molar-refractivity contribution < 1.29 is 9.53 Å². The van der Waals surface area contributed by atoms with E-state index < -0.39 is 0 Å². The molecule has 1 amide bonds. The third kappa shape index (κ3) is 4.83. The first-order chi connectivity index (χ1) is 17.0. The molecule has 0 bridgehead atoms. The average molecular weight is 494 g/mol. The van der Waals surface area contributed by atoms with Gasteiger partial charge in [-0.1, -0.05) is 28.9 Å². The molecule has 11 heteroatoms. The van der Waals surface area contributed by atoms with Crippen molar-refractivity contribution in [2.45, 2.75) is 13.1 Å². The van der Waals surface area contributed by atoms with Gasteiger partial charge < -0.3 is 14.5 Å². The molecule has 2 aromatic carbocycles. The fraction of sp³-hybridized carbons (Fsp3) is 0.292. The lowest BCUT2D eigenvalue weighted by Crippen LogP contribution is -2.50. The van der Waals surface area contributed by atoms with E-state index in [0.29, 0.717) is 43.4 Å². The van der Waals surface area contributed by atoms with E-state index in [1.165, 1.54) is 10.9 Å². The monoisotopic (exact) mass is 493 g/mol. The number of methoxy groups -OCH3 is 1. The summed E-state index contributed by atoms with van der Waals surface area (Å²) in [5, 5.41) is 8.74. The van der Waals surface area contributed by atoms with E-state index in [9.17, 15) is 9.59 Å². The SMILES string of the molecule is COc1ccc(N2CCN(C(=O)Cn3cnc4c(nnn4Cc4ccc(Cl)cc4)c3=O)CC2)cc1. The van der Waals surface area contributed by atoms with E-state index >= 15 is 0 Å². The minimum Gasteiger partial charge on any atom is -0.497 e. The van der Waals surface area contributed by atoms with Crippen LogP contribution >= 0.6 is 11.6 Å². The van der Waals surface area contributed by atoms with Crippen molar-refractivity contribution in [2.24, 2.45) is 0 Å². The molecule has 0 aliphatic carbocycles. The van der Waals surface area contributed by atoms with Gasteiger partial charge in [0.1, 0.15) is 18.6 Å². The van der Waals surface area contributed by atoms with E-state index in [2.05, 4.69) is 20.2 Å². The van der Waals surface area contributed by atoms with E-state index in [-0.39, 0.29) is 23.5 Å². The van der Waals surface area contributed by atoms with E-state index in [4.69, 9.17) is 16.3 Å². The third-order valence-corrected chi connectivity index (χ3v) is 6.36. The number of benzene rings is 2. The van der Waals surface area contributed by atoms with Gasteiger partial charge in [0.15, 0.2) is 11.2 Å². The Labute approximate surface area is 206 Å². The van der Waals surface area contributed by atoms with Crippen LogP contribution in [-0.2, 0) is 17.9 Å². The molecule has 10 nitrogen and oxygen atoms in total. The normalized spacial score (nSPS) is 13.9. The Morgan fingerprint density at radius 3 is 2.43 bits per heavy atom. The highest BCUT2D eigenvalue weighted by atomic mass is 35.5. The summed E-state index contributed by atoms with van der Waals surface area (Å²) in [5.74, 6) is 0.680. The van der Waals surface area contributed by atoms with Gasteiger partial charge in [-0.05, 0) is 42.0 Å². The van der Waals surface area contributed by atoms with Crippen molar-refractivity contribution in [1.29, 1.82) is 0 Å². The Hall–Kier alpha value is -3.92. The number of fused-ring (bicyclic) bond motifs is 1. The quantitative estimate of drug-likeness (QED) is 0.405. The number of hydrogen-bond acceptors (Lipinski definition) is 7. The molecule has 0 unspecified atom stereocenters. The molecule has 2 aromatic heterocycles.